The maximum absolute atomic E-state index is 12.2. The third kappa shape index (κ3) is 7.46. The SMILES string of the molecule is COC(=O)[C@H](CCC(=O)OCc1ccccc1)NCc1ccc(OC)c(OC(C)C)c1O. The van der Waals surface area contributed by atoms with Crippen LogP contribution < -0.4 is 14.8 Å². The first-order valence-electron chi connectivity index (χ1n) is 10.4. The van der Waals surface area contributed by atoms with Gasteiger partial charge in [0.1, 0.15) is 12.6 Å². The van der Waals surface area contributed by atoms with E-state index < -0.39 is 18.0 Å². The number of nitrogens with one attached hydrogen (secondary N) is 1. The van der Waals surface area contributed by atoms with Gasteiger partial charge in [-0.3, -0.25) is 9.59 Å². The molecule has 0 aliphatic heterocycles. The Morgan fingerprint density at radius 2 is 1.78 bits per heavy atom. The van der Waals surface area contributed by atoms with E-state index >= 15 is 0 Å². The van der Waals surface area contributed by atoms with Crippen molar-refractivity contribution >= 4 is 11.9 Å². The van der Waals surface area contributed by atoms with Gasteiger partial charge in [0.05, 0.1) is 20.3 Å². The highest BCUT2D eigenvalue weighted by Gasteiger charge is 2.22. The number of phenols is 1. The van der Waals surface area contributed by atoms with Gasteiger partial charge >= 0.3 is 11.9 Å². The van der Waals surface area contributed by atoms with Gasteiger partial charge in [0.15, 0.2) is 11.5 Å². The number of rotatable bonds is 12. The number of benzene rings is 2. The molecule has 174 valence electrons. The maximum atomic E-state index is 12.2. The van der Waals surface area contributed by atoms with Gasteiger partial charge in [-0.15, -0.1) is 0 Å². The molecule has 0 unspecified atom stereocenters. The second kappa shape index (κ2) is 12.6. The molecule has 0 saturated heterocycles. The van der Waals surface area contributed by atoms with Crippen molar-refractivity contribution in [2.24, 2.45) is 0 Å². The van der Waals surface area contributed by atoms with Crippen LogP contribution in [0, 0.1) is 0 Å². The van der Waals surface area contributed by atoms with E-state index in [1.807, 2.05) is 44.2 Å². The largest absolute Gasteiger partial charge is 0.504 e. The molecule has 0 bridgehead atoms. The normalized spacial score (nSPS) is 11.7. The van der Waals surface area contributed by atoms with Crippen LogP contribution in [0.1, 0.15) is 37.8 Å². The van der Waals surface area contributed by atoms with E-state index in [9.17, 15) is 14.7 Å². The Hall–Kier alpha value is -3.26. The van der Waals surface area contributed by atoms with Crippen molar-refractivity contribution < 1.29 is 33.6 Å². The Labute approximate surface area is 188 Å². The first-order valence-corrected chi connectivity index (χ1v) is 10.4. The predicted octanol–water partition coefficient (Wildman–Crippen LogP) is 3.34. The van der Waals surface area contributed by atoms with E-state index in [1.165, 1.54) is 14.2 Å². The van der Waals surface area contributed by atoms with E-state index in [1.54, 1.807) is 12.1 Å². The fourth-order valence-corrected chi connectivity index (χ4v) is 3.00. The first-order chi connectivity index (χ1) is 15.3. The summed E-state index contributed by atoms with van der Waals surface area (Å²) >= 11 is 0. The topological polar surface area (TPSA) is 103 Å². The lowest BCUT2D eigenvalue weighted by atomic mass is 10.1. The highest BCUT2D eigenvalue weighted by molar-refractivity contribution is 5.77. The predicted molar refractivity (Wildman–Crippen MR) is 119 cm³/mol. The third-order valence-corrected chi connectivity index (χ3v) is 4.66. The number of hydrogen-bond acceptors (Lipinski definition) is 8. The van der Waals surface area contributed by atoms with Crippen LogP contribution in [0.2, 0.25) is 0 Å². The molecule has 2 aromatic rings. The van der Waals surface area contributed by atoms with Crippen molar-refractivity contribution in [3.05, 3.63) is 53.6 Å². The minimum Gasteiger partial charge on any atom is -0.504 e. The smallest absolute Gasteiger partial charge is 0.322 e. The highest BCUT2D eigenvalue weighted by Crippen LogP contribution is 2.39. The zero-order valence-electron chi connectivity index (χ0n) is 18.9. The number of hydrogen-bond donors (Lipinski definition) is 2. The fourth-order valence-electron chi connectivity index (χ4n) is 3.00. The second-order valence-corrected chi connectivity index (χ2v) is 7.41. The monoisotopic (exact) mass is 445 g/mol. The van der Waals surface area contributed by atoms with E-state index in [4.69, 9.17) is 18.9 Å². The zero-order valence-corrected chi connectivity index (χ0v) is 18.9. The molecule has 2 rings (SSSR count). The summed E-state index contributed by atoms with van der Waals surface area (Å²) in [5, 5.41) is 13.7. The molecule has 2 N–H and O–H groups in total. The van der Waals surface area contributed by atoms with Crippen molar-refractivity contribution in [1.82, 2.24) is 5.32 Å². The summed E-state index contributed by atoms with van der Waals surface area (Å²) < 4.78 is 21.0. The van der Waals surface area contributed by atoms with Crippen molar-refractivity contribution in [1.29, 1.82) is 0 Å². The molecule has 8 heteroatoms. The fraction of sp³-hybridized carbons (Fsp3) is 0.417. The molecule has 0 fully saturated rings. The average Bonchev–Trinajstić information content (AvgIpc) is 2.79. The van der Waals surface area contributed by atoms with E-state index in [0.717, 1.165) is 5.56 Å². The molecule has 2 aromatic carbocycles. The summed E-state index contributed by atoms with van der Waals surface area (Å²) in [6.45, 7) is 4.01. The van der Waals surface area contributed by atoms with Gasteiger partial charge in [-0.25, -0.2) is 0 Å². The maximum Gasteiger partial charge on any atom is 0.322 e. The standard InChI is InChI=1S/C24H31NO7/c1-16(2)32-23-20(29-3)12-10-18(22(23)27)14-25-19(24(28)30-4)11-13-21(26)31-15-17-8-6-5-7-9-17/h5-10,12,16,19,25,27H,11,13-15H2,1-4H3/t19-/m0/s1. The summed E-state index contributed by atoms with van der Waals surface area (Å²) in [5.41, 5.74) is 1.40. The molecule has 0 spiro atoms. The van der Waals surface area contributed by atoms with Crippen LogP contribution in [0.4, 0.5) is 0 Å². The number of aromatic hydroxyl groups is 1. The lowest BCUT2D eigenvalue weighted by Crippen LogP contribution is -2.37. The average molecular weight is 446 g/mol. The van der Waals surface area contributed by atoms with E-state index in [0.29, 0.717) is 11.3 Å². The van der Waals surface area contributed by atoms with Gasteiger partial charge in [-0.1, -0.05) is 36.4 Å². The molecule has 8 nitrogen and oxygen atoms in total. The molecule has 0 aliphatic rings. The number of esters is 2. The molecule has 0 aliphatic carbocycles. The number of carbonyl (C=O) groups is 2. The summed E-state index contributed by atoms with van der Waals surface area (Å²) in [4.78, 5) is 24.3. The number of carbonyl (C=O) groups excluding carboxylic acids is 2. The van der Waals surface area contributed by atoms with Crippen LogP contribution >= 0.6 is 0 Å². The van der Waals surface area contributed by atoms with Gasteiger partial charge in [0.2, 0.25) is 5.75 Å². The summed E-state index contributed by atoms with van der Waals surface area (Å²) in [6, 6.07) is 12.0. The molecule has 0 saturated carbocycles. The lowest BCUT2D eigenvalue weighted by Gasteiger charge is -2.19. The summed E-state index contributed by atoms with van der Waals surface area (Å²) in [5.74, 6) is -0.347. The highest BCUT2D eigenvalue weighted by atomic mass is 16.5. The Morgan fingerprint density at radius 1 is 1.06 bits per heavy atom. The van der Waals surface area contributed by atoms with Crippen LogP contribution in [-0.4, -0.2) is 43.4 Å². The molecule has 0 aromatic heterocycles. The van der Waals surface area contributed by atoms with Crippen LogP contribution in [0.15, 0.2) is 42.5 Å². The Bertz CT molecular complexity index is 883. The molecule has 0 amide bonds. The van der Waals surface area contributed by atoms with Crippen molar-refractivity contribution in [2.75, 3.05) is 14.2 Å². The second-order valence-electron chi connectivity index (χ2n) is 7.41. The lowest BCUT2D eigenvalue weighted by molar-refractivity contribution is -0.146. The molecule has 0 radical (unpaired) electrons. The van der Waals surface area contributed by atoms with Gasteiger partial charge < -0.3 is 29.4 Å². The van der Waals surface area contributed by atoms with E-state index in [-0.39, 0.29) is 43.6 Å². The number of ether oxygens (including phenoxy) is 4. The number of phenolic OH excluding ortho intramolecular Hbond substituents is 1. The molecule has 32 heavy (non-hydrogen) atoms. The van der Waals surface area contributed by atoms with Crippen molar-refractivity contribution in [3.63, 3.8) is 0 Å². The Kier molecular flexibility index (Phi) is 9.81. The molecular formula is C24H31NO7. The van der Waals surface area contributed by atoms with Gasteiger partial charge in [-0.2, -0.15) is 0 Å². The van der Waals surface area contributed by atoms with E-state index in [2.05, 4.69) is 5.32 Å². The minimum absolute atomic E-state index is 0.0376. The Balaban J connectivity index is 1.97. The van der Waals surface area contributed by atoms with Crippen LogP contribution in [0.25, 0.3) is 0 Å². The van der Waals surface area contributed by atoms with Gasteiger partial charge in [0.25, 0.3) is 0 Å². The third-order valence-electron chi connectivity index (χ3n) is 4.66. The zero-order chi connectivity index (χ0) is 23.5. The Morgan fingerprint density at radius 3 is 2.41 bits per heavy atom. The van der Waals surface area contributed by atoms with Gasteiger partial charge in [-0.05, 0) is 31.9 Å². The van der Waals surface area contributed by atoms with Crippen LogP contribution in [0.5, 0.6) is 17.2 Å². The molecule has 1 atom stereocenters. The quantitative estimate of drug-likeness (QED) is 0.480. The van der Waals surface area contributed by atoms with Crippen molar-refractivity contribution in [2.45, 2.75) is 52.0 Å². The molecular weight excluding hydrogens is 414 g/mol. The van der Waals surface area contributed by atoms with Crippen LogP contribution in [-0.2, 0) is 32.2 Å². The first kappa shape index (κ1) is 25.0. The molecule has 0 heterocycles. The summed E-state index contributed by atoms with van der Waals surface area (Å²) in [7, 11) is 2.77. The minimum atomic E-state index is -0.750. The number of methoxy groups -OCH3 is 2. The van der Waals surface area contributed by atoms with Crippen LogP contribution in [0.3, 0.4) is 0 Å². The van der Waals surface area contributed by atoms with Crippen molar-refractivity contribution in [3.8, 4) is 17.2 Å². The summed E-state index contributed by atoms with van der Waals surface area (Å²) in [6.07, 6.45) is 0.0605. The van der Waals surface area contributed by atoms with Gasteiger partial charge in [0, 0.05) is 18.5 Å².